The van der Waals surface area contributed by atoms with Gasteiger partial charge in [-0.15, -0.1) is 11.3 Å². The lowest BCUT2D eigenvalue weighted by Crippen LogP contribution is -2.30. The molecule has 0 unspecified atom stereocenters. The normalized spacial score (nSPS) is 14.7. The highest BCUT2D eigenvalue weighted by Gasteiger charge is 2.11. The summed E-state index contributed by atoms with van der Waals surface area (Å²) >= 11 is 1.61. The lowest BCUT2D eigenvalue weighted by Gasteiger charge is -2.27. The van der Waals surface area contributed by atoms with Gasteiger partial charge in [0.25, 0.3) is 0 Å². The summed E-state index contributed by atoms with van der Waals surface area (Å²) in [6, 6.07) is 8.24. The summed E-state index contributed by atoms with van der Waals surface area (Å²) in [5.74, 6) is 1.07. The Morgan fingerprint density at radius 3 is 2.81 bits per heavy atom. The smallest absolute Gasteiger partial charge is 0.128 e. The minimum absolute atomic E-state index is 0.732. The first-order chi connectivity index (χ1) is 10.3. The number of nitrogens with zero attached hydrogens (tertiary/aromatic N) is 3. The van der Waals surface area contributed by atoms with Gasteiger partial charge in [-0.25, -0.2) is 4.98 Å². The van der Waals surface area contributed by atoms with Crippen molar-refractivity contribution in [1.82, 2.24) is 4.98 Å². The molecule has 0 saturated carbocycles. The van der Waals surface area contributed by atoms with Crippen LogP contribution < -0.4 is 10.2 Å². The number of aromatic nitrogens is 1. The van der Waals surface area contributed by atoms with Crippen LogP contribution in [-0.4, -0.2) is 18.1 Å². The third-order valence-electron chi connectivity index (χ3n) is 3.68. The van der Waals surface area contributed by atoms with Gasteiger partial charge in [0, 0.05) is 29.9 Å². The van der Waals surface area contributed by atoms with Crippen molar-refractivity contribution < 1.29 is 0 Å². The molecule has 1 aliphatic heterocycles. The Kier molecular flexibility index (Phi) is 4.37. The lowest BCUT2D eigenvalue weighted by atomic mass is 10.1. The fourth-order valence-electron chi connectivity index (χ4n) is 2.52. The van der Waals surface area contributed by atoms with Crippen LogP contribution in [0.5, 0.6) is 0 Å². The van der Waals surface area contributed by atoms with E-state index >= 15 is 0 Å². The number of nitriles is 1. The molecule has 0 bridgehead atoms. The van der Waals surface area contributed by atoms with Crippen molar-refractivity contribution >= 4 is 22.8 Å². The Labute approximate surface area is 129 Å². The van der Waals surface area contributed by atoms with Crippen LogP contribution in [0.15, 0.2) is 29.8 Å². The summed E-state index contributed by atoms with van der Waals surface area (Å²) < 4.78 is 0. The van der Waals surface area contributed by atoms with E-state index in [1.807, 2.05) is 17.6 Å². The first-order valence-corrected chi connectivity index (χ1v) is 8.15. The van der Waals surface area contributed by atoms with Crippen molar-refractivity contribution in [3.63, 3.8) is 0 Å². The Balaban J connectivity index is 1.58. The van der Waals surface area contributed by atoms with Gasteiger partial charge in [-0.3, -0.25) is 0 Å². The molecule has 21 heavy (non-hydrogen) atoms. The van der Waals surface area contributed by atoms with Gasteiger partial charge >= 0.3 is 0 Å². The highest BCUT2D eigenvalue weighted by Crippen LogP contribution is 2.20. The summed E-state index contributed by atoms with van der Waals surface area (Å²) in [6.45, 7) is 2.97. The van der Waals surface area contributed by atoms with E-state index in [1.165, 1.54) is 19.3 Å². The zero-order valence-electron chi connectivity index (χ0n) is 11.9. The molecule has 1 fully saturated rings. The van der Waals surface area contributed by atoms with Gasteiger partial charge in [-0.1, -0.05) is 0 Å². The van der Waals surface area contributed by atoms with Gasteiger partial charge in [0.05, 0.1) is 17.4 Å². The van der Waals surface area contributed by atoms with Crippen molar-refractivity contribution in [3.8, 4) is 6.07 Å². The topological polar surface area (TPSA) is 52.0 Å². The number of piperidine rings is 1. The molecule has 0 atom stereocenters. The van der Waals surface area contributed by atoms with E-state index in [4.69, 9.17) is 5.26 Å². The van der Waals surface area contributed by atoms with Gasteiger partial charge < -0.3 is 10.2 Å². The first-order valence-electron chi connectivity index (χ1n) is 7.27. The molecule has 3 heterocycles. The second-order valence-corrected chi connectivity index (χ2v) is 6.22. The van der Waals surface area contributed by atoms with Crippen LogP contribution in [0.25, 0.3) is 0 Å². The van der Waals surface area contributed by atoms with Crippen molar-refractivity contribution in [2.45, 2.75) is 25.8 Å². The number of rotatable bonds is 4. The molecule has 1 N–H and O–H groups in total. The average Bonchev–Trinajstić information content (AvgIpc) is 3.02. The molecule has 1 aliphatic rings. The molecule has 4 nitrogen and oxygen atoms in total. The monoisotopic (exact) mass is 298 g/mol. The fraction of sp³-hybridized carbons (Fsp3) is 0.375. The van der Waals surface area contributed by atoms with Crippen molar-refractivity contribution in [2.75, 3.05) is 23.3 Å². The van der Waals surface area contributed by atoms with Crippen LogP contribution in [0.4, 0.5) is 11.5 Å². The molecule has 0 aliphatic carbocycles. The molecule has 2 aromatic heterocycles. The molecular formula is C16H18N4S. The Hall–Kier alpha value is -2.06. The van der Waals surface area contributed by atoms with Crippen LogP contribution in [0.1, 0.15) is 29.7 Å². The van der Waals surface area contributed by atoms with E-state index in [1.54, 1.807) is 11.3 Å². The van der Waals surface area contributed by atoms with Gasteiger partial charge in [0.1, 0.15) is 11.9 Å². The molecule has 0 radical (unpaired) electrons. The standard InChI is InChI=1S/C16H18N4S/c17-9-13-8-15(21-12-13)11-18-14-4-5-16(19-10-14)20-6-2-1-3-7-20/h4-5,8,10,12,18H,1-3,6-7,11H2. The molecule has 3 rings (SSSR count). The first kappa shape index (κ1) is 13.9. The summed E-state index contributed by atoms with van der Waals surface area (Å²) in [7, 11) is 0. The van der Waals surface area contributed by atoms with Gasteiger partial charge in [-0.2, -0.15) is 5.26 Å². The van der Waals surface area contributed by atoms with E-state index in [2.05, 4.69) is 33.4 Å². The molecule has 0 spiro atoms. The zero-order valence-corrected chi connectivity index (χ0v) is 12.7. The minimum atomic E-state index is 0.732. The van der Waals surface area contributed by atoms with E-state index in [9.17, 15) is 0 Å². The quantitative estimate of drug-likeness (QED) is 0.936. The van der Waals surface area contributed by atoms with E-state index in [0.29, 0.717) is 0 Å². The summed E-state index contributed by atoms with van der Waals surface area (Å²) in [6.07, 6.45) is 5.76. The maximum Gasteiger partial charge on any atom is 0.128 e. The summed E-state index contributed by atoms with van der Waals surface area (Å²) in [4.78, 5) is 8.06. The zero-order chi connectivity index (χ0) is 14.5. The predicted molar refractivity (Wildman–Crippen MR) is 86.7 cm³/mol. The summed E-state index contributed by atoms with van der Waals surface area (Å²) in [5.41, 5.74) is 1.75. The maximum absolute atomic E-state index is 8.81. The van der Waals surface area contributed by atoms with E-state index in [0.717, 1.165) is 41.6 Å². The van der Waals surface area contributed by atoms with Gasteiger partial charge in [-0.05, 0) is 37.5 Å². The number of pyridine rings is 1. The molecular weight excluding hydrogens is 280 g/mol. The molecule has 5 heteroatoms. The number of nitrogens with one attached hydrogen (secondary N) is 1. The minimum Gasteiger partial charge on any atom is -0.379 e. The van der Waals surface area contributed by atoms with Crippen LogP contribution in [0.2, 0.25) is 0 Å². The second-order valence-electron chi connectivity index (χ2n) is 5.22. The molecule has 1 saturated heterocycles. The van der Waals surface area contributed by atoms with Crippen molar-refractivity contribution in [1.29, 1.82) is 5.26 Å². The Morgan fingerprint density at radius 1 is 1.29 bits per heavy atom. The number of hydrogen-bond donors (Lipinski definition) is 1. The van der Waals surface area contributed by atoms with Crippen LogP contribution in [0.3, 0.4) is 0 Å². The van der Waals surface area contributed by atoms with Crippen LogP contribution in [-0.2, 0) is 6.54 Å². The van der Waals surface area contributed by atoms with Crippen LogP contribution in [0, 0.1) is 11.3 Å². The highest BCUT2D eigenvalue weighted by atomic mass is 32.1. The number of thiophene rings is 1. The van der Waals surface area contributed by atoms with Gasteiger partial charge in [0.15, 0.2) is 0 Å². The van der Waals surface area contributed by atoms with Crippen molar-refractivity contribution in [3.05, 3.63) is 40.2 Å². The third-order valence-corrected chi connectivity index (χ3v) is 4.61. The van der Waals surface area contributed by atoms with E-state index in [-0.39, 0.29) is 0 Å². The summed E-state index contributed by atoms with van der Waals surface area (Å²) in [5, 5.41) is 14.0. The molecule has 2 aromatic rings. The SMILES string of the molecule is N#Cc1csc(CNc2ccc(N3CCCCC3)nc2)c1. The van der Waals surface area contributed by atoms with Gasteiger partial charge in [0.2, 0.25) is 0 Å². The molecule has 0 aromatic carbocycles. The highest BCUT2D eigenvalue weighted by molar-refractivity contribution is 7.10. The third kappa shape index (κ3) is 3.53. The van der Waals surface area contributed by atoms with Crippen LogP contribution >= 0.6 is 11.3 Å². The van der Waals surface area contributed by atoms with E-state index < -0.39 is 0 Å². The fourth-order valence-corrected chi connectivity index (χ4v) is 3.27. The largest absolute Gasteiger partial charge is 0.379 e. The van der Waals surface area contributed by atoms with Crippen molar-refractivity contribution in [2.24, 2.45) is 0 Å². The maximum atomic E-state index is 8.81. The number of anilines is 2. The number of hydrogen-bond acceptors (Lipinski definition) is 5. The molecule has 0 amide bonds. The second kappa shape index (κ2) is 6.59. The molecule has 108 valence electrons. The lowest BCUT2D eigenvalue weighted by molar-refractivity contribution is 0.573. The Morgan fingerprint density at radius 2 is 2.14 bits per heavy atom. The predicted octanol–water partition coefficient (Wildman–Crippen LogP) is 3.62. The Bertz CT molecular complexity index is 620. The average molecular weight is 298 g/mol.